The van der Waals surface area contributed by atoms with Gasteiger partial charge in [-0.1, -0.05) is 104 Å². The summed E-state index contributed by atoms with van der Waals surface area (Å²) in [6, 6.07) is -1.16. The highest BCUT2D eigenvalue weighted by atomic mass is 16.7. The summed E-state index contributed by atoms with van der Waals surface area (Å²) in [5.41, 5.74) is 0.244. The van der Waals surface area contributed by atoms with E-state index in [-0.39, 0.29) is 30.3 Å². The minimum atomic E-state index is -0.988. The van der Waals surface area contributed by atoms with E-state index >= 15 is 0 Å². The molecule has 4 unspecified atom stereocenters. The number of ether oxygens (including phenoxy) is 2. The van der Waals surface area contributed by atoms with Crippen LogP contribution in [0, 0.1) is 11.3 Å². The Morgan fingerprint density at radius 3 is 2.11 bits per heavy atom. The number of hydrogen-bond acceptors (Lipinski definition) is 5. The van der Waals surface area contributed by atoms with Crippen molar-refractivity contribution in [3.8, 4) is 0 Å². The Labute approximate surface area is 267 Å². The van der Waals surface area contributed by atoms with Crippen LogP contribution in [0.15, 0.2) is 11.8 Å². The van der Waals surface area contributed by atoms with Gasteiger partial charge in [-0.25, -0.2) is 4.79 Å². The lowest BCUT2D eigenvalue weighted by Crippen LogP contribution is -2.60. The van der Waals surface area contributed by atoms with Crippen molar-refractivity contribution < 1.29 is 29.0 Å². The van der Waals surface area contributed by atoms with Crippen molar-refractivity contribution >= 4 is 17.9 Å². The van der Waals surface area contributed by atoms with Crippen LogP contribution in [0.25, 0.3) is 0 Å². The van der Waals surface area contributed by atoms with Gasteiger partial charge in [0.05, 0.1) is 13.0 Å². The number of carbonyl (C=O) groups excluding carboxylic acids is 2. The third-order valence-corrected chi connectivity index (χ3v) is 9.09. The highest BCUT2D eigenvalue weighted by Crippen LogP contribution is 2.36. The molecule has 4 atom stereocenters. The number of carboxylic acid groups (broad SMARTS) is 1. The number of amides is 3. The Balaban J connectivity index is 1.83. The summed E-state index contributed by atoms with van der Waals surface area (Å²) in [5, 5.41) is 18.8. The van der Waals surface area contributed by atoms with Gasteiger partial charge in [-0.05, 0) is 46.5 Å². The lowest BCUT2D eigenvalue weighted by atomic mass is 9.78. The first-order valence-corrected chi connectivity index (χ1v) is 17.4. The highest BCUT2D eigenvalue weighted by Gasteiger charge is 2.47. The van der Waals surface area contributed by atoms with Crippen molar-refractivity contribution in [1.82, 2.24) is 16.0 Å². The molecule has 1 aliphatic heterocycles. The van der Waals surface area contributed by atoms with E-state index in [2.05, 4.69) is 29.0 Å². The minimum Gasteiger partial charge on any atom is -0.481 e. The first-order valence-electron chi connectivity index (χ1n) is 17.4. The molecule has 4 N–H and O–H groups in total. The van der Waals surface area contributed by atoms with Crippen molar-refractivity contribution in [3.63, 3.8) is 0 Å². The Bertz CT molecular complexity index is 918. The standard InChI is InChI=1S/C35H63N3O6/c1-7-8-9-10-11-12-13-14-15-16-17-18-21-26(2)36-33(42)38-28-23-20-19-22-27(28)29(24-30(39)40)37-32(41)31-34(3,4)25-43-35(5,6)44-31/h21,27-29,31H,7-20,22-25H2,1-6H3,(H,37,41)(H,39,40)(H2,36,38,42). The van der Waals surface area contributed by atoms with E-state index in [1.807, 2.05) is 20.8 Å². The molecule has 1 saturated carbocycles. The Kier molecular flexibility index (Phi) is 16.8. The van der Waals surface area contributed by atoms with Gasteiger partial charge in [0.25, 0.3) is 0 Å². The number of carboxylic acids is 1. The van der Waals surface area contributed by atoms with Crippen molar-refractivity contribution in [3.05, 3.63) is 11.8 Å². The average molecular weight is 622 g/mol. The van der Waals surface area contributed by atoms with Gasteiger partial charge >= 0.3 is 12.0 Å². The summed E-state index contributed by atoms with van der Waals surface area (Å²) in [7, 11) is 0. The molecular formula is C35H63N3O6. The molecule has 1 aliphatic carbocycles. The number of rotatable bonds is 19. The van der Waals surface area contributed by atoms with Crippen LogP contribution in [-0.2, 0) is 19.1 Å². The van der Waals surface area contributed by atoms with Gasteiger partial charge in [-0.15, -0.1) is 0 Å². The van der Waals surface area contributed by atoms with Crippen LogP contribution in [0.5, 0.6) is 0 Å². The third kappa shape index (κ3) is 14.3. The summed E-state index contributed by atoms with van der Waals surface area (Å²) >= 11 is 0. The van der Waals surface area contributed by atoms with Crippen LogP contribution in [0.3, 0.4) is 0 Å². The molecule has 9 nitrogen and oxygen atoms in total. The zero-order valence-electron chi connectivity index (χ0n) is 28.6. The molecule has 1 saturated heterocycles. The van der Waals surface area contributed by atoms with Gasteiger partial charge in [-0.2, -0.15) is 0 Å². The molecule has 0 bridgehead atoms. The van der Waals surface area contributed by atoms with E-state index in [4.69, 9.17) is 9.47 Å². The topological polar surface area (TPSA) is 126 Å². The predicted molar refractivity (Wildman–Crippen MR) is 175 cm³/mol. The normalized spacial score (nSPS) is 23.9. The molecule has 2 rings (SSSR count). The van der Waals surface area contributed by atoms with Gasteiger partial charge < -0.3 is 30.5 Å². The number of allylic oxidation sites excluding steroid dienone is 2. The van der Waals surface area contributed by atoms with Crippen LogP contribution in [0.2, 0.25) is 0 Å². The summed E-state index contributed by atoms with van der Waals surface area (Å²) < 4.78 is 11.7. The number of unbranched alkanes of at least 4 members (excludes halogenated alkanes) is 11. The van der Waals surface area contributed by atoms with E-state index in [9.17, 15) is 19.5 Å². The number of aliphatic carboxylic acids is 1. The fraction of sp³-hybridized carbons (Fsp3) is 0.857. The van der Waals surface area contributed by atoms with Crippen molar-refractivity contribution in [2.24, 2.45) is 11.3 Å². The lowest BCUT2D eigenvalue weighted by Gasteiger charge is -2.45. The largest absolute Gasteiger partial charge is 0.481 e. The monoisotopic (exact) mass is 621 g/mol. The second-order valence-corrected chi connectivity index (χ2v) is 14.3. The van der Waals surface area contributed by atoms with Crippen molar-refractivity contribution in [2.75, 3.05) is 6.61 Å². The maximum absolute atomic E-state index is 13.5. The zero-order chi connectivity index (χ0) is 32.6. The summed E-state index contributed by atoms with van der Waals surface area (Å²) in [4.78, 5) is 38.3. The van der Waals surface area contributed by atoms with Gasteiger partial charge in [0.2, 0.25) is 5.91 Å². The smallest absolute Gasteiger partial charge is 0.319 e. The highest BCUT2D eigenvalue weighted by molar-refractivity contribution is 5.83. The third-order valence-electron chi connectivity index (χ3n) is 9.09. The van der Waals surface area contributed by atoms with E-state index in [0.29, 0.717) is 6.61 Å². The number of nitrogens with one attached hydrogen (secondary N) is 3. The second kappa shape index (κ2) is 19.4. The molecule has 2 aliphatic rings. The first kappa shape index (κ1) is 38.1. The fourth-order valence-corrected chi connectivity index (χ4v) is 6.46. The van der Waals surface area contributed by atoms with Crippen LogP contribution in [0.4, 0.5) is 4.79 Å². The number of hydrogen-bond donors (Lipinski definition) is 4. The van der Waals surface area contributed by atoms with Crippen molar-refractivity contribution in [1.29, 1.82) is 0 Å². The van der Waals surface area contributed by atoms with Crippen LogP contribution < -0.4 is 16.0 Å². The molecule has 1 heterocycles. The predicted octanol–water partition coefficient (Wildman–Crippen LogP) is 7.59. The minimum absolute atomic E-state index is 0.203. The van der Waals surface area contributed by atoms with Crippen LogP contribution in [0.1, 0.15) is 151 Å². The molecule has 0 aromatic carbocycles. The van der Waals surface area contributed by atoms with E-state index in [0.717, 1.165) is 44.2 Å². The average Bonchev–Trinajstić information content (AvgIpc) is 2.94. The van der Waals surface area contributed by atoms with Gasteiger partial charge in [0.1, 0.15) is 6.10 Å². The molecule has 0 aromatic heterocycles. The Hall–Kier alpha value is -2.13. The summed E-state index contributed by atoms with van der Waals surface area (Å²) in [6.07, 6.45) is 19.7. The van der Waals surface area contributed by atoms with Gasteiger partial charge in [0, 0.05) is 29.1 Å². The molecule has 2 fully saturated rings. The SMILES string of the molecule is CCCCCCCCCCCCCC=C(C)NC(=O)NC1CCCCC1C(CC(=O)O)NC(=O)C1OC(C)(C)OCC1(C)C. The molecule has 0 radical (unpaired) electrons. The Morgan fingerprint density at radius 2 is 1.50 bits per heavy atom. The van der Waals surface area contributed by atoms with Gasteiger partial charge in [0.15, 0.2) is 5.79 Å². The summed E-state index contributed by atoms with van der Waals surface area (Å²) in [5.74, 6) is -2.44. The maximum atomic E-state index is 13.5. The van der Waals surface area contributed by atoms with Crippen LogP contribution >= 0.6 is 0 Å². The molecular weight excluding hydrogens is 558 g/mol. The maximum Gasteiger partial charge on any atom is 0.319 e. The second-order valence-electron chi connectivity index (χ2n) is 14.3. The number of urea groups is 1. The first-order chi connectivity index (χ1) is 20.8. The summed E-state index contributed by atoms with van der Waals surface area (Å²) in [6.45, 7) is 11.9. The lowest BCUT2D eigenvalue weighted by molar-refractivity contribution is -0.304. The van der Waals surface area contributed by atoms with Crippen LogP contribution in [-0.4, -0.2) is 53.6 Å². The molecule has 44 heavy (non-hydrogen) atoms. The Morgan fingerprint density at radius 1 is 0.909 bits per heavy atom. The molecule has 254 valence electrons. The van der Waals surface area contributed by atoms with Gasteiger partial charge in [-0.3, -0.25) is 9.59 Å². The molecule has 0 spiro atoms. The number of carbonyl (C=O) groups is 3. The van der Waals surface area contributed by atoms with E-state index in [1.165, 1.54) is 64.2 Å². The quantitative estimate of drug-likeness (QED) is 0.110. The zero-order valence-corrected chi connectivity index (χ0v) is 28.6. The van der Waals surface area contributed by atoms with E-state index < -0.39 is 29.3 Å². The molecule has 3 amide bonds. The fourth-order valence-electron chi connectivity index (χ4n) is 6.46. The molecule has 9 heteroatoms. The molecule has 0 aromatic rings. The van der Waals surface area contributed by atoms with Crippen molar-refractivity contribution in [2.45, 2.75) is 175 Å². The van der Waals surface area contributed by atoms with E-state index in [1.54, 1.807) is 13.8 Å².